The van der Waals surface area contributed by atoms with Crippen LogP contribution in [0.5, 0.6) is 0 Å². The molecule has 0 bridgehead atoms. The highest BCUT2D eigenvalue weighted by molar-refractivity contribution is 6.23. The summed E-state index contributed by atoms with van der Waals surface area (Å²) in [4.78, 5) is 0. The number of hydrogen-bond acceptors (Lipinski definition) is 0. The molecule has 0 saturated carbocycles. The van der Waals surface area contributed by atoms with Crippen LogP contribution in [-0.2, 0) is 0 Å². The van der Waals surface area contributed by atoms with Crippen LogP contribution in [0, 0.1) is 11.6 Å². The molecule has 0 spiro atoms. The van der Waals surface area contributed by atoms with Crippen LogP contribution in [-0.4, -0.2) is 0 Å². The molecule has 0 aliphatic heterocycles. The molecule has 0 aliphatic rings. The molecule has 6 aromatic rings. The lowest BCUT2D eigenvalue weighted by molar-refractivity contribution is 0.627. The van der Waals surface area contributed by atoms with Gasteiger partial charge in [-0.1, -0.05) is 72.8 Å². The van der Waals surface area contributed by atoms with E-state index in [-0.39, 0.29) is 11.6 Å². The van der Waals surface area contributed by atoms with Gasteiger partial charge in [-0.25, -0.2) is 8.78 Å². The molecular weight excluding hydrogens is 398 g/mol. The van der Waals surface area contributed by atoms with Gasteiger partial charge >= 0.3 is 0 Å². The molecule has 2 heteroatoms. The average molecular weight is 416 g/mol. The van der Waals surface area contributed by atoms with E-state index in [0.717, 1.165) is 54.6 Å². The maximum absolute atomic E-state index is 13.7. The highest BCUT2D eigenvalue weighted by Crippen LogP contribution is 2.44. The van der Waals surface area contributed by atoms with Gasteiger partial charge < -0.3 is 0 Å². The number of benzene rings is 6. The molecular formula is C30H18F2. The van der Waals surface area contributed by atoms with E-state index in [1.807, 2.05) is 48.5 Å². The van der Waals surface area contributed by atoms with Crippen LogP contribution in [0.1, 0.15) is 0 Å². The number of hydrogen-bond donors (Lipinski definition) is 0. The van der Waals surface area contributed by atoms with Gasteiger partial charge in [0.25, 0.3) is 0 Å². The van der Waals surface area contributed by atoms with Crippen molar-refractivity contribution in [3.63, 3.8) is 0 Å². The highest BCUT2D eigenvalue weighted by atomic mass is 19.1. The highest BCUT2D eigenvalue weighted by Gasteiger charge is 2.17. The van der Waals surface area contributed by atoms with Crippen LogP contribution in [0.15, 0.2) is 109 Å². The second-order valence-electron chi connectivity index (χ2n) is 8.05. The molecule has 6 rings (SSSR count). The van der Waals surface area contributed by atoms with Crippen LogP contribution in [0.2, 0.25) is 0 Å². The Bertz CT molecular complexity index is 1490. The molecule has 0 saturated heterocycles. The maximum Gasteiger partial charge on any atom is 0.123 e. The average Bonchev–Trinajstić information content (AvgIpc) is 2.83. The van der Waals surface area contributed by atoms with E-state index in [4.69, 9.17) is 0 Å². The van der Waals surface area contributed by atoms with E-state index in [9.17, 15) is 8.78 Å². The molecule has 0 aromatic heterocycles. The maximum atomic E-state index is 13.7. The molecule has 0 unspecified atom stereocenters. The Kier molecular flexibility index (Phi) is 4.26. The van der Waals surface area contributed by atoms with Crippen LogP contribution >= 0.6 is 0 Å². The van der Waals surface area contributed by atoms with Crippen molar-refractivity contribution in [1.29, 1.82) is 0 Å². The van der Waals surface area contributed by atoms with Gasteiger partial charge in [0, 0.05) is 0 Å². The van der Waals surface area contributed by atoms with Crippen LogP contribution in [0.4, 0.5) is 8.78 Å². The van der Waals surface area contributed by atoms with Gasteiger partial charge in [-0.2, -0.15) is 0 Å². The normalized spacial score (nSPS) is 11.4. The summed E-state index contributed by atoms with van der Waals surface area (Å²) in [5.74, 6) is -0.508. The summed E-state index contributed by atoms with van der Waals surface area (Å²) >= 11 is 0. The molecule has 0 atom stereocenters. The quantitative estimate of drug-likeness (QED) is 0.248. The fourth-order valence-corrected chi connectivity index (χ4v) is 4.72. The van der Waals surface area contributed by atoms with Crippen molar-refractivity contribution in [1.82, 2.24) is 0 Å². The third-order valence-electron chi connectivity index (χ3n) is 6.16. The largest absolute Gasteiger partial charge is 0.207 e. The second-order valence-corrected chi connectivity index (χ2v) is 8.05. The zero-order chi connectivity index (χ0) is 21.7. The first-order chi connectivity index (χ1) is 15.7. The summed E-state index contributed by atoms with van der Waals surface area (Å²) in [6, 6.07) is 34.3. The van der Waals surface area contributed by atoms with Gasteiger partial charge in [0.2, 0.25) is 0 Å². The SMILES string of the molecule is Fc1ccc(-c2c3ccccc3c(-c3ccc(F)cc3)c3cc4ccccc4cc23)cc1. The van der Waals surface area contributed by atoms with Crippen LogP contribution in [0.25, 0.3) is 54.6 Å². The zero-order valence-corrected chi connectivity index (χ0v) is 17.1. The van der Waals surface area contributed by atoms with Gasteiger partial charge in [0.05, 0.1) is 0 Å². The number of fused-ring (bicyclic) bond motifs is 3. The van der Waals surface area contributed by atoms with E-state index < -0.39 is 0 Å². The van der Waals surface area contributed by atoms with Crippen molar-refractivity contribution in [2.24, 2.45) is 0 Å². The summed E-state index contributed by atoms with van der Waals surface area (Å²) < 4.78 is 27.5. The Hall–Kier alpha value is -4.04. The van der Waals surface area contributed by atoms with Gasteiger partial charge in [0.15, 0.2) is 0 Å². The van der Waals surface area contributed by atoms with Gasteiger partial charge in [0.1, 0.15) is 11.6 Å². The molecule has 0 N–H and O–H groups in total. The Balaban J connectivity index is 1.85. The Morgan fingerprint density at radius 1 is 0.375 bits per heavy atom. The van der Waals surface area contributed by atoms with Crippen molar-refractivity contribution < 1.29 is 8.78 Å². The standard InChI is InChI=1S/C30H18F2/c31-23-13-9-19(10-14-23)29-25-7-3-4-8-26(25)30(20-11-15-24(32)16-12-20)28-18-22-6-2-1-5-21(22)17-27(28)29/h1-18H. The topological polar surface area (TPSA) is 0 Å². The van der Waals surface area contributed by atoms with E-state index in [1.165, 1.54) is 24.3 Å². The van der Waals surface area contributed by atoms with Crippen LogP contribution < -0.4 is 0 Å². The van der Waals surface area contributed by atoms with E-state index in [1.54, 1.807) is 0 Å². The minimum atomic E-state index is -0.254. The predicted octanol–water partition coefficient (Wildman–Crippen LogP) is 8.76. The first-order valence-electron chi connectivity index (χ1n) is 10.6. The molecule has 0 nitrogen and oxygen atoms in total. The van der Waals surface area contributed by atoms with Crippen molar-refractivity contribution in [2.45, 2.75) is 0 Å². The zero-order valence-electron chi connectivity index (χ0n) is 17.1. The third-order valence-corrected chi connectivity index (χ3v) is 6.16. The Morgan fingerprint density at radius 2 is 0.750 bits per heavy atom. The summed E-state index contributed by atoms with van der Waals surface area (Å²) in [6.07, 6.45) is 0. The minimum Gasteiger partial charge on any atom is -0.207 e. The first kappa shape index (κ1) is 18.7. The number of rotatable bonds is 2. The molecule has 0 fully saturated rings. The fourth-order valence-electron chi connectivity index (χ4n) is 4.72. The second kappa shape index (κ2) is 7.28. The monoisotopic (exact) mass is 416 g/mol. The molecule has 0 amide bonds. The fraction of sp³-hybridized carbons (Fsp3) is 0. The molecule has 6 aromatic carbocycles. The van der Waals surface area contributed by atoms with Crippen molar-refractivity contribution in [3.05, 3.63) is 121 Å². The molecule has 152 valence electrons. The lowest BCUT2D eigenvalue weighted by Gasteiger charge is -2.18. The summed E-state index contributed by atoms with van der Waals surface area (Å²) in [7, 11) is 0. The van der Waals surface area contributed by atoms with Gasteiger partial charge in [-0.05, 0) is 91.0 Å². The minimum absolute atomic E-state index is 0.254. The Morgan fingerprint density at radius 3 is 1.16 bits per heavy atom. The smallest absolute Gasteiger partial charge is 0.123 e. The lowest BCUT2D eigenvalue weighted by Crippen LogP contribution is -1.92. The third kappa shape index (κ3) is 2.96. The van der Waals surface area contributed by atoms with Crippen molar-refractivity contribution in [3.8, 4) is 22.3 Å². The van der Waals surface area contributed by atoms with E-state index in [0.29, 0.717) is 0 Å². The van der Waals surface area contributed by atoms with Crippen molar-refractivity contribution in [2.75, 3.05) is 0 Å². The van der Waals surface area contributed by atoms with Crippen molar-refractivity contribution >= 4 is 32.3 Å². The molecule has 32 heavy (non-hydrogen) atoms. The van der Waals surface area contributed by atoms with Gasteiger partial charge in [-0.3, -0.25) is 0 Å². The first-order valence-corrected chi connectivity index (χ1v) is 10.6. The Labute approximate surface area is 184 Å². The number of halogens is 2. The summed E-state index contributed by atoms with van der Waals surface area (Å²) in [5, 5.41) is 6.64. The van der Waals surface area contributed by atoms with Gasteiger partial charge in [-0.15, -0.1) is 0 Å². The predicted molar refractivity (Wildman–Crippen MR) is 130 cm³/mol. The molecule has 0 aliphatic carbocycles. The summed E-state index contributed by atoms with van der Waals surface area (Å²) in [5.41, 5.74) is 4.08. The molecule has 0 radical (unpaired) electrons. The summed E-state index contributed by atoms with van der Waals surface area (Å²) in [6.45, 7) is 0. The van der Waals surface area contributed by atoms with E-state index in [2.05, 4.69) is 36.4 Å². The molecule has 0 heterocycles. The van der Waals surface area contributed by atoms with Crippen LogP contribution in [0.3, 0.4) is 0 Å². The lowest BCUT2D eigenvalue weighted by atomic mass is 9.85. The van der Waals surface area contributed by atoms with E-state index >= 15 is 0 Å².